The number of nitrogens with two attached hydrogens (primary N) is 1. The van der Waals surface area contributed by atoms with Gasteiger partial charge in [0.05, 0.1) is 12.5 Å². The molecule has 0 aromatic heterocycles. The summed E-state index contributed by atoms with van der Waals surface area (Å²) in [6.07, 6.45) is -0.289. The number of anilines is 1. The molecular weight excluding hydrogens is 417 g/mol. The van der Waals surface area contributed by atoms with Crippen molar-refractivity contribution < 1.29 is 28.3 Å². The Balaban J connectivity index is 2.04. The second-order valence-electron chi connectivity index (χ2n) is 7.27. The number of amides is 3. The lowest BCUT2D eigenvalue weighted by molar-refractivity contribution is -0.148. The van der Waals surface area contributed by atoms with E-state index < -0.39 is 36.2 Å². The Morgan fingerprint density at radius 3 is 2.25 bits per heavy atom. The zero-order valence-corrected chi connectivity index (χ0v) is 18.0. The van der Waals surface area contributed by atoms with Crippen molar-refractivity contribution in [3.05, 3.63) is 65.5 Å². The molecule has 32 heavy (non-hydrogen) atoms. The summed E-state index contributed by atoms with van der Waals surface area (Å²) in [7, 11) is 0. The van der Waals surface area contributed by atoms with Gasteiger partial charge in [0.15, 0.2) is 6.61 Å². The van der Waals surface area contributed by atoms with Gasteiger partial charge in [0.2, 0.25) is 11.8 Å². The van der Waals surface area contributed by atoms with Crippen LogP contribution in [0, 0.1) is 12.7 Å². The summed E-state index contributed by atoms with van der Waals surface area (Å²) in [5.74, 6) is -2.70. The minimum absolute atomic E-state index is 0.0464. The van der Waals surface area contributed by atoms with Gasteiger partial charge >= 0.3 is 5.97 Å². The Bertz CT molecular complexity index is 961. The highest BCUT2D eigenvalue weighted by Gasteiger charge is 2.22. The number of nitrogens with zero attached hydrogens (tertiary/aromatic N) is 1. The molecule has 1 atom stereocenters. The highest BCUT2D eigenvalue weighted by molar-refractivity contribution is 5.95. The number of ether oxygens (including phenoxy) is 1. The maximum Gasteiger partial charge on any atom is 0.308 e. The SMILES string of the molecule is CC(=O)NC(CC(=O)OCC(=O)N(CCC(N)=O)c1ccc(F)cc1)c1ccc(C)cc1. The fourth-order valence-electron chi connectivity index (χ4n) is 2.98. The van der Waals surface area contributed by atoms with E-state index in [9.17, 15) is 23.6 Å². The standard InChI is InChI=1S/C23H26FN3O5/c1-15-3-5-17(6-4-15)20(26-16(2)28)13-23(31)32-14-22(30)27(12-11-21(25)29)19-9-7-18(24)8-10-19/h3-10,20H,11-14H2,1-2H3,(H2,25,29)(H,26,28). The van der Waals surface area contributed by atoms with E-state index in [1.165, 1.54) is 36.1 Å². The van der Waals surface area contributed by atoms with E-state index in [1.54, 1.807) is 12.1 Å². The maximum absolute atomic E-state index is 13.2. The van der Waals surface area contributed by atoms with Crippen LogP contribution in [0.5, 0.6) is 0 Å². The van der Waals surface area contributed by atoms with Crippen molar-refractivity contribution >= 4 is 29.4 Å². The Morgan fingerprint density at radius 2 is 1.69 bits per heavy atom. The zero-order valence-electron chi connectivity index (χ0n) is 18.0. The molecule has 0 fully saturated rings. The molecular formula is C23H26FN3O5. The van der Waals surface area contributed by atoms with Crippen LogP contribution in [0.2, 0.25) is 0 Å². The molecule has 2 rings (SSSR count). The smallest absolute Gasteiger partial charge is 0.308 e. The third kappa shape index (κ3) is 7.82. The summed E-state index contributed by atoms with van der Waals surface area (Å²) in [5, 5.41) is 2.70. The summed E-state index contributed by atoms with van der Waals surface area (Å²) in [6, 6.07) is 11.8. The van der Waals surface area contributed by atoms with E-state index in [0.29, 0.717) is 5.69 Å². The fraction of sp³-hybridized carbons (Fsp3) is 0.304. The van der Waals surface area contributed by atoms with Crippen LogP contribution in [0.15, 0.2) is 48.5 Å². The summed E-state index contributed by atoms with van der Waals surface area (Å²) >= 11 is 0. The molecule has 9 heteroatoms. The van der Waals surface area contributed by atoms with Crippen LogP contribution in [0.1, 0.15) is 36.9 Å². The number of hydrogen-bond donors (Lipinski definition) is 2. The van der Waals surface area contributed by atoms with Gasteiger partial charge in [0.25, 0.3) is 5.91 Å². The Labute approximate surface area is 185 Å². The maximum atomic E-state index is 13.2. The number of halogens is 1. The van der Waals surface area contributed by atoms with Crippen molar-refractivity contribution in [2.75, 3.05) is 18.1 Å². The Hall–Kier alpha value is -3.75. The van der Waals surface area contributed by atoms with E-state index in [4.69, 9.17) is 10.5 Å². The molecule has 0 saturated carbocycles. The van der Waals surface area contributed by atoms with Crippen LogP contribution >= 0.6 is 0 Å². The molecule has 170 valence electrons. The summed E-state index contributed by atoms with van der Waals surface area (Å²) in [4.78, 5) is 48.9. The molecule has 0 aliphatic carbocycles. The number of benzene rings is 2. The first kappa shape index (κ1) is 24.5. The van der Waals surface area contributed by atoms with Crippen LogP contribution < -0.4 is 16.0 Å². The van der Waals surface area contributed by atoms with Crippen molar-refractivity contribution in [1.29, 1.82) is 0 Å². The van der Waals surface area contributed by atoms with Crippen molar-refractivity contribution in [3.8, 4) is 0 Å². The number of nitrogens with one attached hydrogen (secondary N) is 1. The van der Waals surface area contributed by atoms with E-state index >= 15 is 0 Å². The van der Waals surface area contributed by atoms with Crippen molar-refractivity contribution in [2.24, 2.45) is 5.73 Å². The number of primary amides is 1. The molecule has 0 bridgehead atoms. The van der Waals surface area contributed by atoms with Crippen LogP contribution in [-0.4, -0.2) is 36.8 Å². The van der Waals surface area contributed by atoms with Gasteiger partial charge < -0.3 is 20.7 Å². The first-order valence-electron chi connectivity index (χ1n) is 9.99. The molecule has 2 aromatic rings. The minimum atomic E-state index is -0.688. The van der Waals surface area contributed by atoms with Gasteiger partial charge in [-0.2, -0.15) is 0 Å². The molecule has 0 spiro atoms. The lowest BCUT2D eigenvalue weighted by atomic mass is 10.0. The molecule has 0 radical (unpaired) electrons. The second kappa shape index (κ2) is 11.6. The quantitative estimate of drug-likeness (QED) is 0.546. The van der Waals surface area contributed by atoms with Crippen LogP contribution in [-0.2, 0) is 23.9 Å². The van der Waals surface area contributed by atoms with E-state index in [2.05, 4.69) is 5.32 Å². The summed E-state index contributed by atoms with van der Waals surface area (Å²) in [6.45, 7) is 2.63. The van der Waals surface area contributed by atoms with Crippen molar-refractivity contribution in [1.82, 2.24) is 5.32 Å². The van der Waals surface area contributed by atoms with Gasteiger partial charge in [-0.05, 0) is 36.8 Å². The summed E-state index contributed by atoms with van der Waals surface area (Å²) < 4.78 is 18.3. The van der Waals surface area contributed by atoms with Crippen LogP contribution in [0.4, 0.5) is 10.1 Å². The third-order valence-electron chi connectivity index (χ3n) is 4.61. The predicted molar refractivity (Wildman–Crippen MR) is 116 cm³/mol. The van der Waals surface area contributed by atoms with Crippen molar-refractivity contribution in [2.45, 2.75) is 32.7 Å². The van der Waals surface area contributed by atoms with Gasteiger partial charge in [0.1, 0.15) is 5.82 Å². The van der Waals surface area contributed by atoms with Crippen molar-refractivity contribution in [3.63, 3.8) is 0 Å². The molecule has 0 heterocycles. The number of aryl methyl sites for hydroxylation is 1. The van der Waals surface area contributed by atoms with Gasteiger partial charge in [-0.1, -0.05) is 29.8 Å². The first-order valence-corrected chi connectivity index (χ1v) is 9.99. The monoisotopic (exact) mass is 443 g/mol. The van der Waals surface area contributed by atoms with Gasteiger partial charge in [-0.25, -0.2) is 4.39 Å². The zero-order chi connectivity index (χ0) is 23.7. The fourth-order valence-corrected chi connectivity index (χ4v) is 2.98. The highest BCUT2D eigenvalue weighted by Crippen LogP contribution is 2.19. The molecule has 0 aliphatic rings. The van der Waals surface area contributed by atoms with E-state index in [1.807, 2.05) is 19.1 Å². The first-order chi connectivity index (χ1) is 15.2. The minimum Gasteiger partial charge on any atom is -0.455 e. The van der Waals surface area contributed by atoms with Crippen LogP contribution in [0.3, 0.4) is 0 Å². The molecule has 8 nitrogen and oxygen atoms in total. The average Bonchev–Trinajstić information content (AvgIpc) is 2.73. The van der Waals surface area contributed by atoms with Crippen LogP contribution in [0.25, 0.3) is 0 Å². The predicted octanol–water partition coefficient (Wildman–Crippen LogP) is 2.15. The van der Waals surface area contributed by atoms with E-state index in [-0.39, 0.29) is 25.3 Å². The lowest BCUT2D eigenvalue weighted by Gasteiger charge is -2.23. The topological polar surface area (TPSA) is 119 Å². The molecule has 1 unspecified atom stereocenters. The van der Waals surface area contributed by atoms with Gasteiger partial charge in [0, 0.05) is 25.6 Å². The molecule has 0 saturated heterocycles. The second-order valence-corrected chi connectivity index (χ2v) is 7.27. The number of esters is 1. The van der Waals surface area contributed by atoms with Gasteiger partial charge in [-0.15, -0.1) is 0 Å². The molecule has 0 aliphatic heterocycles. The molecule has 3 amide bonds. The van der Waals surface area contributed by atoms with Gasteiger partial charge in [-0.3, -0.25) is 19.2 Å². The third-order valence-corrected chi connectivity index (χ3v) is 4.61. The average molecular weight is 443 g/mol. The number of carbonyl (C=O) groups excluding carboxylic acids is 4. The Kier molecular flexibility index (Phi) is 8.88. The largest absolute Gasteiger partial charge is 0.455 e. The molecule has 3 N–H and O–H groups in total. The number of hydrogen-bond acceptors (Lipinski definition) is 5. The number of rotatable bonds is 10. The molecule has 2 aromatic carbocycles. The normalized spacial score (nSPS) is 11.3. The lowest BCUT2D eigenvalue weighted by Crippen LogP contribution is -2.37. The number of carbonyl (C=O) groups is 4. The Morgan fingerprint density at radius 1 is 1.06 bits per heavy atom. The van der Waals surface area contributed by atoms with E-state index in [0.717, 1.165) is 11.1 Å². The summed E-state index contributed by atoms with van der Waals surface area (Å²) in [5.41, 5.74) is 7.26. The highest BCUT2D eigenvalue weighted by atomic mass is 19.1.